The smallest absolute Gasteiger partial charge is 0.194 e. The second kappa shape index (κ2) is 6.19. The second-order valence-electron chi connectivity index (χ2n) is 4.95. The van der Waals surface area contributed by atoms with E-state index in [0.717, 1.165) is 17.4 Å². The Hall–Kier alpha value is -3.00. The lowest BCUT2D eigenvalue weighted by molar-refractivity contribution is 0.103. The van der Waals surface area contributed by atoms with Crippen LogP contribution in [0.25, 0.3) is 11.1 Å². The molecule has 3 aromatic carbocycles. The average Bonchev–Trinajstić information content (AvgIpc) is 2.62. The van der Waals surface area contributed by atoms with Crippen molar-refractivity contribution >= 4 is 12.1 Å². The van der Waals surface area contributed by atoms with Crippen molar-refractivity contribution in [3.63, 3.8) is 0 Å². The average molecular weight is 286 g/mol. The maximum atomic E-state index is 12.9. The highest BCUT2D eigenvalue weighted by Crippen LogP contribution is 2.26. The molecule has 2 nitrogen and oxygen atoms in total. The Labute approximate surface area is 129 Å². The van der Waals surface area contributed by atoms with Gasteiger partial charge in [0.2, 0.25) is 0 Å². The van der Waals surface area contributed by atoms with Gasteiger partial charge in [0.1, 0.15) is 0 Å². The number of aldehydes is 1. The standard InChI is InChI=1S/C20H14O2/c21-14-16-10-4-5-12-18(16)20(22)19-13-7-6-11-17(19)15-8-2-1-3-9-15/h1-14H. The van der Waals surface area contributed by atoms with Gasteiger partial charge in [0.25, 0.3) is 0 Å². The molecular weight excluding hydrogens is 272 g/mol. The Bertz CT molecular complexity index is 820. The zero-order chi connectivity index (χ0) is 15.4. The fourth-order valence-corrected chi connectivity index (χ4v) is 2.50. The van der Waals surface area contributed by atoms with E-state index in [9.17, 15) is 9.59 Å². The van der Waals surface area contributed by atoms with Crippen molar-refractivity contribution in [1.82, 2.24) is 0 Å². The maximum Gasteiger partial charge on any atom is 0.194 e. The summed E-state index contributed by atoms with van der Waals surface area (Å²) >= 11 is 0. The van der Waals surface area contributed by atoms with Crippen LogP contribution in [0.5, 0.6) is 0 Å². The first-order chi connectivity index (χ1) is 10.8. The van der Waals surface area contributed by atoms with Crippen LogP contribution >= 0.6 is 0 Å². The topological polar surface area (TPSA) is 34.1 Å². The Morgan fingerprint density at radius 2 is 1.27 bits per heavy atom. The van der Waals surface area contributed by atoms with Gasteiger partial charge in [-0.05, 0) is 11.1 Å². The Morgan fingerprint density at radius 1 is 0.682 bits per heavy atom. The molecule has 2 heteroatoms. The predicted octanol–water partition coefficient (Wildman–Crippen LogP) is 4.40. The van der Waals surface area contributed by atoms with Crippen LogP contribution in [0.3, 0.4) is 0 Å². The number of carbonyl (C=O) groups is 2. The van der Waals surface area contributed by atoms with E-state index in [1.165, 1.54) is 0 Å². The Morgan fingerprint density at radius 3 is 2.00 bits per heavy atom. The van der Waals surface area contributed by atoms with Gasteiger partial charge in [-0.2, -0.15) is 0 Å². The SMILES string of the molecule is O=Cc1ccccc1C(=O)c1ccccc1-c1ccccc1. The summed E-state index contributed by atoms with van der Waals surface area (Å²) in [5.74, 6) is -0.137. The molecule has 0 fully saturated rings. The highest BCUT2D eigenvalue weighted by molar-refractivity contribution is 6.15. The number of benzene rings is 3. The van der Waals surface area contributed by atoms with Crippen molar-refractivity contribution in [3.05, 3.63) is 95.6 Å². The van der Waals surface area contributed by atoms with Crippen LogP contribution in [0.15, 0.2) is 78.9 Å². The van der Waals surface area contributed by atoms with E-state index in [2.05, 4.69) is 0 Å². The third-order valence-corrected chi connectivity index (χ3v) is 3.59. The molecule has 0 spiro atoms. The highest BCUT2D eigenvalue weighted by Gasteiger charge is 2.16. The van der Waals surface area contributed by atoms with Crippen LogP contribution in [0.4, 0.5) is 0 Å². The van der Waals surface area contributed by atoms with Gasteiger partial charge in [0.05, 0.1) is 0 Å². The first kappa shape index (κ1) is 14.0. The van der Waals surface area contributed by atoms with E-state index in [1.54, 1.807) is 30.3 Å². The summed E-state index contributed by atoms with van der Waals surface area (Å²) in [5, 5.41) is 0. The van der Waals surface area contributed by atoms with E-state index in [0.29, 0.717) is 16.7 Å². The zero-order valence-corrected chi connectivity index (χ0v) is 11.9. The molecule has 0 heterocycles. The molecule has 0 amide bonds. The van der Waals surface area contributed by atoms with Crippen LogP contribution in [-0.2, 0) is 0 Å². The highest BCUT2D eigenvalue weighted by atomic mass is 16.1. The molecule has 0 saturated heterocycles. The van der Waals surface area contributed by atoms with Crippen LogP contribution in [0.1, 0.15) is 26.3 Å². The summed E-state index contributed by atoms with van der Waals surface area (Å²) in [6, 6.07) is 24.1. The normalized spacial score (nSPS) is 10.2. The maximum absolute atomic E-state index is 12.9. The van der Waals surface area contributed by atoms with Crippen molar-refractivity contribution in [3.8, 4) is 11.1 Å². The summed E-state index contributed by atoms with van der Waals surface area (Å²) in [4.78, 5) is 24.0. The molecule has 22 heavy (non-hydrogen) atoms. The van der Waals surface area contributed by atoms with Gasteiger partial charge >= 0.3 is 0 Å². The van der Waals surface area contributed by atoms with Gasteiger partial charge in [0.15, 0.2) is 12.1 Å². The van der Waals surface area contributed by atoms with Crippen LogP contribution in [-0.4, -0.2) is 12.1 Å². The van der Waals surface area contributed by atoms with Crippen molar-refractivity contribution in [2.24, 2.45) is 0 Å². The largest absolute Gasteiger partial charge is 0.298 e. The molecule has 0 aromatic heterocycles. The van der Waals surface area contributed by atoms with E-state index in [1.807, 2.05) is 48.5 Å². The number of hydrogen-bond donors (Lipinski definition) is 0. The number of ketones is 1. The molecule has 0 atom stereocenters. The van der Waals surface area contributed by atoms with Crippen LogP contribution in [0, 0.1) is 0 Å². The first-order valence-corrected chi connectivity index (χ1v) is 7.04. The molecule has 106 valence electrons. The van der Waals surface area contributed by atoms with Crippen molar-refractivity contribution in [2.45, 2.75) is 0 Å². The minimum absolute atomic E-state index is 0.137. The zero-order valence-electron chi connectivity index (χ0n) is 11.9. The molecule has 0 aliphatic heterocycles. The van der Waals surface area contributed by atoms with E-state index >= 15 is 0 Å². The van der Waals surface area contributed by atoms with Crippen molar-refractivity contribution < 1.29 is 9.59 Å². The molecule has 0 radical (unpaired) electrons. The molecule has 0 saturated carbocycles. The quantitative estimate of drug-likeness (QED) is 0.526. The first-order valence-electron chi connectivity index (χ1n) is 7.04. The second-order valence-corrected chi connectivity index (χ2v) is 4.95. The molecule has 0 N–H and O–H groups in total. The molecule has 0 bridgehead atoms. The lowest BCUT2D eigenvalue weighted by Crippen LogP contribution is -2.06. The van der Waals surface area contributed by atoms with Crippen molar-refractivity contribution in [1.29, 1.82) is 0 Å². The molecule has 0 aliphatic carbocycles. The minimum Gasteiger partial charge on any atom is -0.298 e. The summed E-state index contributed by atoms with van der Waals surface area (Å²) in [7, 11) is 0. The predicted molar refractivity (Wildman–Crippen MR) is 87.1 cm³/mol. The molecule has 0 aliphatic rings. The third kappa shape index (κ3) is 2.59. The minimum atomic E-state index is -0.137. The Balaban J connectivity index is 2.13. The van der Waals surface area contributed by atoms with E-state index in [-0.39, 0.29) is 5.78 Å². The van der Waals surface area contributed by atoms with Crippen LogP contribution in [0.2, 0.25) is 0 Å². The monoisotopic (exact) mass is 286 g/mol. The summed E-state index contributed by atoms with van der Waals surface area (Å²) in [6.45, 7) is 0. The third-order valence-electron chi connectivity index (χ3n) is 3.59. The van der Waals surface area contributed by atoms with Gasteiger partial charge in [-0.1, -0.05) is 78.9 Å². The summed E-state index contributed by atoms with van der Waals surface area (Å²) in [5.41, 5.74) is 3.29. The van der Waals surface area contributed by atoms with E-state index in [4.69, 9.17) is 0 Å². The molecular formula is C20H14O2. The summed E-state index contributed by atoms with van der Waals surface area (Å²) in [6.07, 6.45) is 0.721. The molecule has 3 aromatic rings. The van der Waals surface area contributed by atoms with Crippen LogP contribution < -0.4 is 0 Å². The summed E-state index contributed by atoms with van der Waals surface area (Å²) < 4.78 is 0. The number of hydrogen-bond acceptors (Lipinski definition) is 2. The lowest BCUT2D eigenvalue weighted by atomic mass is 9.92. The fraction of sp³-hybridized carbons (Fsp3) is 0. The van der Waals surface area contributed by atoms with Gasteiger partial charge in [-0.3, -0.25) is 9.59 Å². The number of carbonyl (C=O) groups excluding carboxylic acids is 2. The van der Waals surface area contributed by atoms with Gasteiger partial charge in [-0.25, -0.2) is 0 Å². The van der Waals surface area contributed by atoms with Gasteiger partial charge in [-0.15, -0.1) is 0 Å². The number of rotatable bonds is 4. The van der Waals surface area contributed by atoms with Gasteiger partial charge < -0.3 is 0 Å². The molecule has 0 unspecified atom stereocenters. The lowest BCUT2D eigenvalue weighted by Gasteiger charge is -2.10. The molecule has 3 rings (SSSR count). The van der Waals surface area contributed by atoms with Crippen molar-refractivity contribution in [2.75, 3.05) is 0 Å². The van der Waals surface area contributed by atoms with Gasteiger partial charge in [0, 0.05) is 16.7 Å². The Kier molecular flexibility index (Phi) is 3.92. The fourth-order valence-electron chi connectivity index (χ4n) is 2.50. The van der Waals surface area contributed by atoms with E-state index < -0.39 is 0 Å².